The summed E-state index contributed by atoms with van der Waals surface area (Å²) in [5.74, 6) is 0. The van der Waals surface area contributed by atoms with E-state index in [1.165, 1.54) is 0 Å². The van der Waals surface area contributed by atoms with Gasteiger partial charge in [-0.1, -0.05) is 133 Å². The van der Waals surface area contributed by atoms with Crippen molar-refractivity contribution in [3.63, 3.8) is 0 Å². The molecule has 0 aliphatic carbocycles. The van der Waals surface area contributed by atoms with E-state index in [9.17, 15) is 0 Å². The number of hydrogen-bond acceptors (Lipinski definition) is 0. The molecule has 39 heavy (non-hydrogen) atoms. The van der Waals surface area contributed by atoms with Crippen molar-refractivity contribution in [1.29, 1.82) is 0 Å². The van der Waals surface area contributed by atoms with E-state index in [4.69, 9.17) is 11.0 Å². The first-order chi connectivity index (χ1) is 22.6. The van der Waals surface area contributed by atoms with Gasteiger partial charge in [-0.25, -0.2) is 0 Å². The molecule has 8 rings (SSSR count). The van der Waals surface area contributed by atoms with Gasteiger partial charge < -0.3 is 0 Å². The predicted molar refractivity (Wildman–Crippen MR) is 173 cm³/mol. The molecule has 0 saturated heterocycles. The molecule has 0 aromatic heterocycles. The fraction of sp³-hybridized carbons (Fsp3) is 0. The van der Waals surface area contributed by atoms with Crippen LogP contribution in [-0.2, 0) is 0 Å². The summed E-state index contributed by atoms with van der Waals surface area (Å²) in [7, 11) is 0. The summed E-state index contributed by atoms with van der Waals surface area (Å²) in [6, 6.07) is 27.8. The fourth-order valence-electron chi connectivity index (χ4n) is 5.79. The lowest BCUT2D eigenvalue weighted by atomic mass is 9.87. The molecule has 8 aromatic carbocycles. The molecule has 0 unspecified atom stereocenters. The highest BCUT2D eigenvalue weighted by Crippen LogP contribution is 2.45. The molecule has 182 valence electrons. The van der Waals surface area contributed by atoms with Crippen molar-refractivity contribution in [1.82, 2.24) is 0 Å². The van der Waals surface area contributed by atoms with Crippen LogP contribution in [0, 0.1) is 0 Å². The standard InChI is InChI=1S/C38H23Br/c39-38-34-15-7-5-13-31(34)37(32-14-6-8-16-35(32)38)33-22-21-28(29-11-3-4-12-30(29)33)26-20-19-25-18-17-24-9-1-2-10-27(24)36(25)23-26/h1-23H/i5D,6D,7D,8D,13D,14D,15D,16D. The second kappa shape index (κ2) is 8.80. The Bertz CT molecular complexity index is 2600. The molecule has 0 radical (unpaired) electrons. The van der Waals surface area contributed by atoms with Crippen molar-refractivity contribution >= 4 is 69.8 Å². The summed E-state index contributed by atoms with van der Waals surface area (Å²) in [4.78, 5) is 0. The minimum atomic E-state index is -0.418. The van der Waals surface area contributed by atoms with E-state index in [0.717, 1.165) is 43.4 Å². The minimum absolute atomic E-state index is 0.165. The fourth-order valence-corrected chi connectivity index (χ4v) is 6.38. The Morgan fingerprint density at radius 2 is 0.949 bits per heavy atom. The number of halogens is 1. The molecule has 0 saturated carbocycles. The molecule has 0 atom stereocenters. The van der Waals surface area contributed by atoms with Crippen LogP contribution in [0.2, 0.25) is 0 Å². The Kier molecular flexibility index (Phi) is 3.57. The van der Waals surface area contributed by atoms with Gasteiger partial charge in [0.25, 0.3) is 0 Å². The van der Waals surface area contributed by atoms with E-state index in [1.54, 1.807) is 0 Å². The quantitative estimate of drug-likeness (QED) is 0.144. The van der Waals surface area contributed by atoms with Gasteiger partial charge in [0.2, 0.25) is 0 Å². The van der Waals surface area contributed by atoms with Crippen molar-refractivity contribution in [2.24, 2.45) is 0 Å². The van der Waals surface area contributed by atoms with Crippen LogP contribution in [0.5, 0.6) is 0 Å². The monoisotopic (exact) mass is 566 g/mol. The van der Waals surface area contributed by atoms with Gasteiger partial charge in [-0.05, 0) is 98.1 Å². The second-order valence-corrected chi connectivity index (χ2v) is 10.4. The van der Waals surface area contributed by atoms with Crippen LogP contribution in [0.1, 0.15) is 11.0 Å². The second-order valence-electron chi connectivity index (χ2n) is 9.62. The van der Waals surface area contributed by atoms with Gasteiger partial charge in [0.05, 0.1) is 11.0 Å². The first-order valence-electron chi connectivity index (χ1n) is 16.7. The van der Waals surface area contributed by atoms with E-state index < -0.39 is 24.2 Å². The lowest BCUT2D eigenvalue weighted by molar-refractivity contribution is 1.67. The van der Waals surface area contributed by atoms with Gasteiger partial charge in [0.15, 0.2) is 0 Å². The minimum Gasteiger partial charge on any atom is -0.0616 e. The molecule has 0 spiro atoms. The van der Waals surface area contributed by atoms with Gasteiger partial charge in [0.1, 0.15) is 0 Å². The van der Waals surface area contributed by atoms with E-state index in [0.29, 0.717) is 11.1 Å². The Hall–Kier alpha value is -4.46. The SMILES string of the molecule is [2H]c1c([2H])c([2H])c2c(-c3ccc(-c4ccc5ccc6ccccc6c5c4)c4ccccc34)c3c([2H])c([2H])c([2H])c([2H])c3c(Br)c2c1[2H]. The zero-order valence-electron chi connectivity index (χ0n) is 28.5. The van der Waals surface area contributed by atoms with E-state index in [1.807, 2.05) is 48.5 Å². The normalized spacial score (nSPS) is 14.6. The number of benzene rings is 8. The highest BCUT2D eigenvalue weighted by molar-refractivity contribution is 9.10. The maximum absolute atomic E-state index is 9.03. The van der Waals surface area contributed by atoms with Crippen LogP contribution in [0.3, 0.4) is 0 Å². The van der Waals surface area contributed by atoms with Crippen molar-refractivity contribution < 1.29 is 11.0 Å². The van der Waals surface area contributed by atoms with Gasteiger partial charge in [-0.15, -0.1) is 0 Å². The Labute approximate surface area is 246 Å². The number of hydrogen-bond donors (Lipinski definition) is 0. The average Bonchev–Trinajstić information content (AvgIpc) is 3.10. The van der Waals surface area contributed by atoms with Crippen molar-refractivity contribution in [3.05, 3.63) is 144 Å². The maximum atomic E-state index is 9.03. The van der Waals surface area contributed by atoms with Crippen LogP contribution in [0.25, 0.3) is 76.1 Å². The third-order valence-corrected chi connectivity index (χ3v) is 8.36. The van der Waals surface area contributed by atoms with Gasteiger partial charge in [-0.3, -0.25) is 0 Å². The average molecular weight is 568 g/mol. The molecule has 1 heteroatoms. The first kappa shape index (κ1) is 15.8. The molecule has 0 bridgehead atoms. The zero-order valence-corrected chi connectivity index (χ0v) is 22.1. The topological polar surface area (TPSA) is 0 Å². The highest BCUT2D eigenvalue weighted by Gasteiger charge is 2.17. The van der Waals surface area contributed by atoms with Crippen LogP contribution in [-0.4, -0.2) is 0 Å². The Balaban J connectivity index is 1.53. The van der Waals surface area contributed by atoms with Crippen molar-refractivity contribution in [2.75, 3.05) is 0 Å². The van der Waals surface area contributed by atoms with Crippen LogP contribution < -0.4 is 0 Å². The summed E-state index contributed by atoms with van der Waals surface area (Å²) < 4.78 is 69.9. The van der Waals surface area contributed by atoms with Gasteiger partial charge in [0, 0.05) is 4.47 Å². The first-order valence-corrected chi connectivity index (χ1v) is 13.4. The maximum Gasteiger partial charge on any atom is 0.0630 e. The van der Waals surface area contributed by atoms with E-state index in [-0.39, 0.29) is 50.2 Å². The molecule has 0 nitrogen and oxygen atoms in total. The molecule has 8 aromatic rings. The third kappa shape index (κ3) is 3.44. The molecule has 0 amide bonds. The molecular weight excluding hydrogens is 536 g/mol. The lowest BCUT2D eigenvalue weighted by Crippen LogP contribution is -1.90. The summed E-state index contributed by atoms with van der Waals surface area (Å²) in [6.07, 6.45) is 0. The molecule has 0 aliphatic heterocycles. The summed E-state index contributed by atoms with van der Waals surface area (Å²) >= 11 is 3.51. The van der Waals surface area contributed by atoms with Crippen molar-refractivity contribution in [3.8, 4) is 22.3 Å². The Morgan fingerprint density at radius 1 is 0.436 bits per heavy atom. The molecule has 0 aliphatic rings. The lowest BCUT2D eigenvalue weighted by Gasteiger charge is -2.18. The highest BCUT2D eigenvalue weighted by atomic mass is 79.9. The number of rotatable bonds is 2. The summed E-state index contributed by atoms with van der Waals surface area (Å²) in [5.41, 5.74) is 2.91. The largest absolute Gasteiger partial charge is 0.0630 e. The molecular formula is C38H23Br. The van der Waals surface area contributed by atoms with E-state index >= 15 is 0 Å². The molecule has 0 fully saturated rings. The van der Waals surface area contributed by atoms with Gasteiger partial charge in [-0.2, -0.15) is 0 Å². The van der Waals surface area contributed by atoms with Crippen LogP contribution in [0.15, 0.2) is 144 Å². The smallest absolute Gasteiger partial charge is 0.0616 e. The number of fused-ring (bicyclic) bond motifs is 6. The van der Waals surface area contributed by atoms with Crippen LogP contribution in [0.4, 0.5) is 0 Å². The summed E-state index contributed by atoms with van der Waals surface area (Å²) in [5, 5.41) is 6.96. The molecule has 0 N–H and O–H groups in total. The van der Waals surface area contributed by atoms with Gasteiger partial charge >= 0.3 is 0 Å². The van der Waals surface area contributed by atoms with E-state index in [2.05, 4.69) is 58.4 Å². The third-order valence-electron chi connectivity index (χ3n) is 7.57. The molecule has 0 heterocycles. The van der Waals surface area contributed by atoms with Crippen LogP contribution >= 0.6 is 15.9 Å². The predicted octanol–water partition coefficient (Wildman–Crippen LogP) is 11.5. The summed E-state index contributed by atoms with van der Waals surface area (Å²) in [6.45, 7) is 0. The Morgan fingerprint density at radius 3 is 1.64 bits per heavy atom. The zero-order chi connectivity index (χ0) is 32.9. The van der Waals surface area contributed by atoms with Crippen molar-refractivity contribution in [2.45, 2.75) is 0 Å².